The van der Waals surface area contributed by atoms with Crippen LogP contribution in [0, 0.1) is 0 Å². The van der Waals surface area contributed by atoms with Crippen molar-refractivity contribution in [1.82, 2.24) is 5.32 Å². The van der Waals surface area contributed by atoms with E-state index in [1.54, 1.807) is 0 Å². The Labute approximate surface area is 178 Å². The number of rotatable bonds is 9. The van der Waals surface area contributed by atoms with Crippen molar-refractivity contribution in [2.24, 2.45) is 0 Å². The molecule has 4 heteroatoms. The number of amides is 1. The highest BCUT2D eigenvalue weighted by molar-refractivity contribution is 5.87. The maximum atomic E-state index is 13.3. The molecule has 1 atom stereocenters. The summed E-state index contributed by atoms with van der Waals surface area (Å²) >= 11 is 0. The maximum absolute atomic E-state index is 13.3. The minimum Gasteiger partial charge on any atom is -0.490 e. The van der Waals surface area contributed by atoms with Crippen LogP contribution in [0.5, 0.6) is 11.5 Å². The molecule has 0 aliphatic carbocycles. The molecule has 0 spiro atoms. The van der Waals surface area contributed by atoms with Gasteiger partial charge in [0.1, 0.15) is 0 Å². The van der Waals surface area contributed by atoms with Crippen LogP contribution in [0.15, 0.2) is 78.9 Å². The fourth-order valence-electron chi connectivity index (χ4n) is 3.50. The first-order chi connectivity index (χ1) is 14.6. The lowest BCUT2D eigenvalue weighted by Gasteiger charge is -2.22. The fraction of sp³-hybridized carbons (Fsp3) is 0.269. The van der Waals surface area contributed by atoms with Crippen LogP contribution < -0.4 is 14.8 Å². The van der Waals surface area contributed by atoms with Crippen molar-refractivity contribution < 1.29 is 14.3 Å². The van der Waals surface area contributed by atoms with Gasteiger partial charge in [-0.1, -0.05) is 66.7 Å². The van der Waals surface area contributed by atoms with E-state index in [1.807, 2.05) is 99.6 Å². The zero-order valence-corrected chi connectivity index (χ0v) is 17.8. The molecular weight excluding hydrogens is 374 g/mol. The van der Waals surface area contributed by atoms with Gasteiger partial charge in [0.25, 0.3) is 0 Å². The molecule has 0 heterocycles. The average Bonchev–Trinajstić information content (AvgIpc) is 2.77. The molecule has 0 aliphatic heterocycles. The second kappa shape index (κ2) is 10.5. The first-order valence-corrected chi connectivity index (χ1v) is 10.4. The van der Waals surface area contributed by atoms with E-state index in [0.29, 0.717) is 24.7 Å². The molecule has 0 aromatic heterocycles. The van der Waals surface area contributed by atoms with Crippen LogP contribution >= 0.6 is 0 Å². The van der Waals surface area contributed by atoms with Crippen molar-refractivity contribution in [2.45, 2.75) is 32.7 Å². The molecule has 156 valence electrons. The molecule has 0 saturated carbocycles. The van der Waals surface area contributed by atoms with Gasteiger partial charge in [-0.3, -0.25) is 4.79 Å². The summed E-state index contributed by atoms with van der Waals surface area (Å²) in [5, 5.41) is 3.18. The lowest BCUT2D eigenvalue weighted by Crippen LogP contribution is -2.32. The monoisotopic (exact) mass is 403 g/mol. The van der Waals surface area contributed by atoms with Crippen LogP contribution in [0.3, 0.4) is 0 Å². The Morgan fingerprint density at radius 3 is 1.83 bits per heavy atom. The number of carbonyl (C=O) groups is 1. The summed E-state index contributed by atoms with van der Waals surface area (Å²) < 4.78 is 11.4. The zero-order chi connectivity index (χ0) is 21.3. The van der Waals surface area contributed by atoms with Gasteiger partial charge in [-0.2, -0.15) is 0 Å². The molecule has 3 aromatic rings. The Morgan fingerprint density at radius 2 is 1.30 bits per heavy atom. The van der Waals surface area contributed by atoms with E-state index in [9.17, 15) is 4.79 Å². The molecule has 1 unspecified atom stereocenters. The maximum Gasteiger partial charge on any atom is 0.232 e. The standard InChI is InChI=1S/C26H29NO3/c1-4-29-23-17-16-22(18-24(23)30-5-2)19(3)27-26(28)25(20-12-8-6-9-13-20)21-14-10-7-11-15-21/h6-19,25H,4-5H2,1-3H3,(H,27,28). The molecular formula is C26H29NO3. The van der Waals surface area contributed by atoms with E-state index in [1.165, 1.54) is 0 Å². The summed E-state index contributed by atoms with van der Waals surface area (Å²) in [6.07, 6.45) is 0. The van der Waals surface area contributed by atoms with Gasteiger partial charge in [0.2, 0.25) is 5.91 Å². The third-order valence-electron chi connectivity index (χ3n) is 4.95. The SMILES string of the molecule is CCOc1ccc(C(C)NC(=O)C(c2ccccc2)c2ccccc2)cc1OCC. The van der Waals surface area contributed by atoms with Crippen molar-refractivity contribution in [3.05, 3.63) is 95.6 Å². The quantitative estimate of drug-likeness (QED) is 0.514. The molecule has 0 saturated heterocycles. The van der Waals surface area contributed by atoms with E-state index in [4.69, 9.17) is 9.47 Å². The van der Waals surface area contributed by atoms with Crippen molar-refractivity contribution in [3.63, 3.8) is 0 Å². The van der Waals surface area contributed by atoms with Crippen LogP contribution in [-0.4, -0.2) is 19.1 Å². The second-order valence-corrected chi connectivity index (χ2v) is 7.06. The highest BCUT2D eigenvalue weighted by Gasteiger charge is 2.24. The Morgan fingerprint density at radius 1 is 0.767 bits per heavy atom. The zero-order valence-electron chi connectivity index (χ0n) is 17.8. The first kappa shape index (κ1) is 21.4. The van der Waals surface area contributed by atoms with E-state index < -0.39 is 0 Å². The van der Waals surface area contributed by atoms with Gasteiger partial charge in [0.15, 0.2) is 11.5 Å². The Kier molecular flexibility index (Phi) is 7.50. The highest BCUT2D eigenvalue weighted by atomic mass is 16.5. The van der Waals surface area contributed by atoms with Crippen LogP contribution in [0.1, 0.15) is 49.4 Å². The smallest absolute Gasteiger partial charge is 0.232 e. The summed E-state index contributed by atoms with van der Waals surface area (Å²) in [5.41, 5.74) is 2.90. The molecule has 3 aromatic carbocycles. The summed E-state index contributed by atoms with van der Waals surface area (Å²) in [5.74, 6) is 1.00. The molecule has 0 radical (unpaired) electrons. The van der Waals surface area contributed by atoms with Crippen molar-refractivity contribution in [3.8, 4) is 11.5 Å². The number of hydrogen-bond donors (Lipinski definition) is 1. The van der Waals surface area contributed by atoms with Gasteiger partial charge in [-0.25, -0.2) is 0 Å². The van der Waals surface area contributed by atoms with Gasteiger partial charge >= 0.3 is 0 Å². The van der Waals surface area contributed by atoms with Gasteiger partial charge in [-0.05, 0) is 49.6 Å². The van der Waals surface area contributed by atoms with Crippen LogP contribution in [0.2, 0.25) is 0 Å². The van der Waals surface area contributed by atoms with Gasteiger partial charge in [0, 0.05) is 0 Å². The fourth-order valence-corrected chi connectivity index (χ4v) is 3.50. The molecule has 3 rings (SSSR count). The number of benzene rings is 3. The highest BCUT2D eigenvalue weighted by Crippen LogP contribution is 2.31. The number of ether oxygens (including phenoxy) is 2. The Bertz CT molecular complexity index is 902. The predicted octanol–water partition coefficient (Wildman–Crippen LogP) is 5.49. The minimum atomic E-state index is -0.371. The average molecular weight is 404 g/mol. The normalized spacial score (nSPS) is 11.7. The molecule has 30 heavy (non-hydrogen) atoms. The van der Waals surface area contributed by atoms with E-state index in [0.717, 1.165) is 16.7 Å². The topological polar surface area (TPSA) is 47.6 Å². The number of carbonyl (C=O) groups excluding carboxylic acids is 1. The van der Waals surface area contributed by atoms with Gasteiger partial charge < -0.3 is 14.8 Å². The molecule has 1 amide bonds. The lowest BCUT2D eigenvalue weighted by atomic mass is 9.90. The van der Waals surface area contributed by atoms with Crippen molar-refractivity contribution in [1.29, 1.82) is 0 Å². The Hall–Kier alpha value is -3.27. The van der Waals surface area contributed by atoms with Gasteiger partial charge in [-0.15, -0.1) is 0 Å². The van der Waals surface area contributed by atoms with Crippen LogP contribution in [-0.2, 0) is 4.79 Å². The molecule has 0 aliphatic rings. The van der Waals surface area contributed by atoms with E-state index in [-0.39, 0.29) is 17.9 Å². The third-order valence-corrected chi connectivity index (χ3v) is 4.95. The molecule has 0 bridgehead atoms. The minimum absolute atomic E-state index is 0.0354. The second-order valence-electron chi connectivity index (χ2n) is 7.06. The summed E-state index contributed by atoms with van der Waals surface area (Å²) in [4.78, 5) is 13.3. The molecule has 1 N–H and O–H groups in total. The van der Waals surface area contributed by atoms with Crippen molar-refractivity contribution >= 4 is 5.91 Å². The summed E-state index contributed by atoms with van der Waals surface area (Å²) in [7, 11) is 0. The molecule has 4 nitrogen and oxygen atoms in total. The predicted molar refractivity (Wildman–Crippen MR) is 120 cm³/mol. The summed E-state index contributed by atoms with van der Waals surface area (Å²) in [6, 6.07) is 25.4. The van der Waals surface area contributed by atoms with E-state index in [2.05, 4.69) is 5.32 Å². The van der Waals surface area contributed by atoms with Crippen LogP contribution in [0.4, 0.5) is 0 Å². The number of nitrogens with one attached hydrogen (secondary N) is 1. The number of hydrogen-bond acceptors (Lipinski definition) is 3. The first-order valence-electron chi connectivity index (χ1n) is 10.4. The lowest BCUT2D eigenvalue weighted by molar-refractivity contribution is -0.122. The van der Waals surface area contributed by atoms with Crippen molar-refractivity contribution in [2.75, 3.05) is 13.2 Å². The molecule has 0 fully saturated rings. The van der Waals surface area contributed by atoms with Crippen LogP contribution in [0.25, 0.3) is 0 Å². The van der Waals surface area contributed by atoms with E-state index >= 15 is 0 Å². The Balaban J connectivity index is 1.84. The largest absolute Gasteiger partial charge is 0.490 e. The third kappa shape index (κ3) is 5.20. The van der Waals surface area contributed by atoms with Gasteiger partial charge in [0.05, 0.1) is 25.2 Å². The summed E-state index contributed by atoms with van der Waals surface area (Å²) in [6.45, 7) is 6.99.